The van der Waals surface area contributed by atoms with E-state index in [-0.39, 0.29) is 23.4 Å². The molecule has 1 N–H and O–H groups in total. The summed E-state index contributed by atoms with van der Waals surface area (Å²) in [6.07, 6.45) is 1.58. The van der Waals surface area contributed by atoms with Gasteiger partial charge in [0.25, 0.3) is 11.7 Å². The average molecular weight is 453 g/mol. The largest absolute Gasteiger partial charge is 0.507 e. The Hall–Kier alpha value is -3.71. The molecular weight excluding hydrogens is 435 g/mol. The van der Waals surface area contributed by atoms with Crippen LogP contribution in [0.25, 0.3) is 5.76 Å². The van der Waals surface area contributed by atoms with Crippen LogP contribution < -0.4 is 4.74 Å². The van der Waals surface area contributed by atoms with Crippen molar-refractivity contribution in [3.63, 3.8) is 0 Å². The Labute approximate surface area is 188 Å². The highest BCUT2D eigenvalue weighted by Gasteiger charge is 2.46. The first-order valence-corrected chi connectivity index (χ1v) is 10.1. The van der Waals surface area contributed by atoms with Crippen LogP contribution in [0.4, 0.5) is 4.39 Å². The minimum Gasteiger partial charge on any atom is -0.507 e. The first-order chi connectivity index (χ1) is 15.4. The number of nitrogens with zero attached hydrogens (tertiary/aromatic N) is 2. The van der Waals surface area contributed by atoms with Crippen molar-refractivity contribution in [2.75, 3.05) is 7.11 Å². The van der Waals surface area contributed by atoms with Crippen LogP contribution in [0.2, 0.25) is 5.02 Å². The molecule has 162 valence electrons. The van der Waals surface area contributed by atoms with Crippen LogP contribution in [-0.4, -0.2) is 33.8 Å². The second-order valence-corrected chi connectivity index (χ2v) is 7.56. The highest BCUT2D eigenvalue weighted by Crippen LogP contribution is 2.41. The molecule has 4 rings (SSSR count). The zero-order chi connectivity index (χ0) is 22.8. The number of halogens is 2. The van der Waals surface area contributed by atoms with Crippen LogP contribution in [0.1, 0.15) is 22.9 Å². The summed E-state index contributed by atoms with van der Waals surface area (Å²) in [5.74, 6) is -2.17. The summed E-state index contributed by atoms with van der Waals surface area (Å²) in [5.41, 5.74) is 1.19. The number of ketones is 1. The highest BCUT2D eigenvalue weighted by molar-refractivity contribution is 6.46. The molecule has 0 radical (unpaired) electrons. The zero-order valence-electron chi connectivity index (χ0n) is 17.0. The molecule has 0 bridgehead atoms. The number of rotatable bonds is 5. The lowest BCUT2D eigenvalue weighted by molar-refractivity contribution is -0.140. The van der Waals surface area contributed by atoms with Gasteiger partial charge in [0.2, 0.25) is 0 Å². The number of aliphatic hydroxyl groups excluding tert-OH is 1. The van der Waals surface area contributed by atoms with Gasteiger partial charge in [-0.15, -0.1) is 0 Å². The second kappa shape index (κ2) is 8.80. The van der Waals surface area contributed by atoms with Gasteiger partial charge in [-0.05, 0) is 48.0 Å². The molecule has 0 aliphatic carbocycles. The Bertz CT molecular complexity index is 1210. The highest BCUT2D eigenvalue weighted by atomic mass is 35.5. The molecule has 3 aromatic rings. The Balaban J connectivity index is 1.87. The molecule has 1 amide bonds. The standard InChI is InChI=1S/C24H18ClFN2O4/c1-32-19-12-15(7-10-18(19)25)22(29)20-21(14-5-8-16(26)9-6-14)28(24(31)23(20)30)13-17-4-2-3-11-27-17/h2-12,21,29H,13H2,1H3/b22-20-. The van der Waals surface area contributed by atoms with E-state index in [2.05, 4.69) is 4.98 Å². The van der Waals surface area contributed by atoms with Gasteiger partial charge in [-0.1, -0.05) is 29.8 Å². The fraction of sp³-hybridized carbons (Fsp3) is 0.125. The van der Waals surface area contributed by atoms with Crippen molar-refractivity contribution < 1.29 is 23.8 Å². The van der Waals surface area contributed by atoms with Crippen molar-refractivity contribution in [1.29, 1.82) is 0 Å². The third kappa shape index (κ3) is 3.94. The lowest BCUT2D eigenvalue weighted by Crippen LogP contribution is -2.29. The van der Waals surface area contributed by atoms with Crippen molar-refractivity contribution in [3.05, 3.63) is 100 Å². The zero-order valence-corrected chi connectivity index (χ0v) is 17.7. The van der Waals surface area contributed by atoms with Gasteiger partial charge >= 0.3 is 0 Å². The molecule has 1 unspecified atom stereocenters. The fourth-order valence-corrected chi connectivity index (χ4v) is 3.86. The topological polar surface area (TPSA) is 79.7 Å². The van der Waals surface area contributed by atoms with Gasteiger partial charge in [-0.2, -0.15) is 0 Å². The molecule has 1 aliphatic rings. The van der Waals surface area contributed by atoms with Crippen molar-refractivity contribution >= 4 is 29.1 Å². The predicted molar refractivity (Wildman–Crippen MR) is 116 cm³/mol. The molecule has 6 nitrogen and oxygen atoms in total. The van der Waals surface area contributed by atoms with Crippen LogP contribution in [0.5, 0.6) is 5.75 Å². The van der Waals surface area contributed by atoms with Crippen molar-refractivity contribution in [2.24, 2.45) is 0 Å². The summed E-state index contributed by atoms with van der Waals surface area (Å²) in [7, 11) is 1.43. The lowest BCUT2D eigenvalue weighted by atomic mass is 9.95. The molecular formula is C24H18ClFN2O4. The minimum atomic E-state index is -0.931. The Morgan fingerprint density at radius 1 is 1.16 bits per heavy atom. The van der Waals surface area contributed by atoms with Gasteiger partial charge in [0.1, 0.15) is 17.3 Å². The molecule has 1 aliphatic heterocycles. The molecule has 1 atom stereocenters. The minimum absolute atomic E-state index is 0.0359. The number of amides is 1. The fourth-order valence-electron chi connectivity index (χ4n) is 3.66. The number of likely N-dealkylation sites (tertiary alicyclic amines) is 1. The van der Waals surface area contributed by atoms with E-state index in [4.69, 9.17) is 16.3 Å². The number of pyridine rings is 1. The van der Waals surface area contributed by atoms with Gasteiger partial charge in [0.15, 0.2) is 0 Å². The maximum absolute atomic E-state index is 13.6. The molecule has 32 heavy (non-hydrogen) atoms. The third-order valence-corrected chi connectivity index (χ3v) is 5.52. The van der Waals surface area contributed by atoms with Crippen molar-refractivity contribution in [2.45, 2.75) is 12.6 Å². The van der Waals surface area contributed by atoms with Gasteiger partial charge in [-0.25, -0.2) is 4.39 Å². The summed E-state index contributed by atoms with van der Waals surface area (Å²) in [6.45, 7) is 0.0359. The van der Waals surface area contributed by atoms with Crippen LogP contribution >= 0.6 is 11.6 Å². The van der Waals surface area contributed by atoms with Crippen LogP contribution in [0, 0.1) is 5.82 Å². The van der Waals surface area contributed by atoms with Gasteiger partial charge in [-0.3, -0.25) is 14.6 Å². The van der Waals surface area contributed by atoms with E-state index in [0.29, 0.717) is 22.0 Å². The van der Waals surface area contributed by atoms with E-state index in [1.807, 2.05) is 0 Å². The summed E-state index contributed by atoms with van der Waals surface area (Å²) in [6, 6.07) is 14.3. The number of aromatic nitrogens is 1. The van der Waals surface area contributed by atoms with E-state index >= 15 is 0 Å². The summed E-state index contributed by atoms with van der Waals surface area (Å²) >= 11 is 6.07. The van der Waals surface area contributed by atoms with Gasteiger partial charge in [0.05, 0.1) is 36.0 Å². The Morgan fingerprint density at radius 3 is 2.56 bits per heavy atom. The third-order valence-electron chi connectivity index (χ3n) is 5.21. The predicted octanol–water partition coefficient (Wildman–Crippen LogP) is 4.50. The molecule has 8 heteroatoms. The number of carbonyl (C=O) groups is 2. The first-order valence-electron chi connectivity index (χ1n) is 9.68. The monoisotopic (exact) mass is 452 g/mol. The smallest absolute Gasteiger partial charge is 0.296 e. The van der Waals surface area contributed by atoms with E-state index in [0.717, 1.165) is 0 Å². The average Bonchev–Trinajstić information content (AvgIpc) is 3.05. The summed E-state index contributed by atoms with van der Waals surface area (Å²) < 4.78 is 18.8. The van der Waals surface area contributed by atoms with Crippen LogP contribution in [-0.2, 0) is 16.1 Å². The number of ether oxygens (including phenoxy) is 1. The van der Waals surface area contributed by atoms with Crippen LogP contribution in [0.15, 0.2) is 72.4 Å². The quantitative estimate of drug-likeness (QED) is 0.350. The first kappa shape index (κ1) is 21.5. The molecule has 1 fully saturated rings. The molecule has 1 saturated heterocycles. The van der Waals surface area contributed by atoms with Crippen LogP contribution in [0.3, 0.4) is 0 Å². The Morgan fingerprint density at radius 2 is 1.91 bits per heavy atom. The second-order valence-electron chi connectivity index (χ2n) is 7.15. The normalized spacial score (nSPS) is 17.6. The van der Waals surface area contributed by atoms with Gasteiger partial charge in [0, 0.05) is 11.8 Å². The van der Waals surface area contributed by atoms with E-state index in [9.17, 15) is 19.1 Å². The Kier molecular flexibility index (Phi) is 5.92. The van der Waals surface area contributed by atoms with Crippen molar-refractivity contribution in [3.8, 4) is 5.75 Å². The number of Topliss-reactive ketones (excluding diaryl/α,β-unsaturated/α-hetero) is 1. The number of aliphatic hydroxyl groups is 1. The molecule has 1 aromatic heterocycles. The number of carbonyl (C=O) groups excluding carboxylic acids is 2. The lowest BCUT2D eigenvalue weighted by Gasteiger charge is -2.25. The van der Waals surface area contributed by atoms with Gasteiger partial charge < -0.3 is 14.7 Å². The van der Waals surface area contributed by atoms with E-state index in [1.165, 1.54) is 54.5 Å². The molecule has 0 saturated carbocycles. The van der Waals surface area contributed by atoms with Crippen molar-refractivity contribution in [1.82, 2.24) is 9.88 Å². The number of benzene rings is 2. The van der Waals surface area contributed by atoms with E-state index in [1.54, 1.807) is 24.4 Å². The number of hydrogen-bond donors (Lipinski definition) is 1. The molecule has 2 heterocycles. The SMILES string of the molecule is COc1cc(/C(O)=C2/C(=O)C(=O)N(Cc3ccccn3)C2c2ccc(F)cc2)ccc1Cl. The van der Waals surface area contributed by atoms with E-state index < -0.39 is 23.5 Å². The number of methoxy groups -OCH3 is 1. The molecule has 2 aromatic carbocycles. The maximum Gasteiger partial charge on any atom is 0.296 e. The summed E-state index contributed by atoms with van der Waals surface area (Å²) in [4.78, 5) is 31.5. The maximum atomic E-state index is 13.6. The number of hydrogen-bond acceptors (Lipinski definition) is 5. The molecule has 0 spiro atoms. The summed E-state index contributed by atoms with van der Waals surface area (Å²) in [5, 5.41) is 11.4.